The van der Waals surface area contributed by atoms with Crippen molar-refractivity contribution < 1.29 is 22.6 Å². The molecule has 0 unspecified atom stereocenters. The predicted octanol–water partition coefficient (Wildman–Crippen LogP) is 2.00. The number of fused-ring (bicyclic) bond motifs is 1. The van der Waals surface area contributed by atoms with Gasteiger partial charge in [0.15, 0.2) is 21.3 Å². The quantitative estimate of drug-likeness (QED) is 0.713. The summed E-state index contributed by atoms with van der Waals surface area (Å²) in [7, 11) is -1.85. The first kappa shape index (κ1) is 16.6. The molecule has 22 heavy (non-hydrogen) atoms. The summed E-state index contributed by atoms with van der Waals surface area (Å²) in [6.45, 7) is 1.89. The van der Waals surface area contributed by atoms with Crippen molar-refractivity contribution in [2.45, 2.75) is 25.4 Å². The molecular weight excluding hydrogens is 306 g/mol. The molecule has 1 aliphatic heterocycles. The Labute approximate surface area is 130 Å². The van der Waals surface area contributed by atoms with E-state index in [-0.39, 0.29) is 24.7 Å². The highest BCUT2D eigenvalue weighted by molar-refractivity contribution is 7.91. The van der Waals surface area contributed by atoms with E-state index < -0.39 is 15.4 Å². The van der Waals surface area contributed by atoms with Gasteiger partial charge in [0.1, 0.15) is 5.60 Å². The van der Waals surface area contributed by atoms with Gasteiger partial charge in [-0.15, -0.1) is 0 Å². The molecule has 7 heteroatoms. The maximum Gasteiger partial charge on any atom is 0.231 e. The summed E-state index contributed by atoms with van der Waals surface area (Å²) in [4.78, 5) is 0. The summed E-state index contributed by atoms with van der Waals surface area (Å²) in [6.07, 6.45) is 0.562. The summed E-state index contributed by atoms with van der Waals surface area (Å²) in [5.41, 5.74) is -0.268. The molecule has 0 N–H and O–H groups in total. The van der Waals surface area contributed by atoms with Crippen molar-refractivity contribution in [3.63, 3.8) is 0 Å². The molecule has 0 spiro atoms. The second kappa shape index (κ2) is 6.55. The second-order valence-electron chi connectivity index (χ2n) is 5.36. The largest absolute Gasteiger partial charge is 0.454 e. The standard InChI is InChI=1S/C15H19NO5S/c1-15(19-2,10-22(17,18)8-4-3-7-16)12-5-6-13-14(9-12)21-11-20-13/h5-6,9H,3-4,8,10-11H2,1-2H3/t15-/m0/s1. The number of unbranched alkanes of at least 4 members (excludes halogenated alkanes) is 1. The number of sulfone groups is 1. The van der Waals surface area contributed by atoms with Gasteiger partial charge in [0.2, 0.25) is 6.79 Å². The first-order valence-electron chi connectivity index (χ1n) is 6.93. The molecule has 0 saturated carbocycles. The van der Waals surface area contributed by atoms with E-state index in [1.807, 2.05) is 6.07 Å². The van der Waals surface area contributed by atoms with Gasteiger partial charge in [0.05, 0.1) is 17.6 Å². The fraction of sp³-hybridized carbons (Fsp3) is 0.533. The van der Waals surface area contributed by atoms with E-state index in [0.29, 0.717) is 23.5 Å². The van der Waals surface area contributed by atoms with Crippen molar-refractivity contribution in [2.75, 3.05) is 25.4 Å². The molecule has 0 bridgehead atoms. The Hall–Kier alpha value is -1.78. The third-order valence-corrected chi connectivity index (χ3v) is 5.57. The van der Waals surface area contributed by atoms with Crippen LogP contribution in [0.15, 0.2) is 18.2 Å². The number of nitriles is 1. The first-order valence-corrected chi connectivity index (χ1v) is 8.75. The van der Waals surface area contributed by atoms with Crippen LogP contribution in [0.25, 0.3) is 0 Å². The van der Waals surface area contributed by atoms with Crippen LogP contribution in [0.2, 0.25) is 0 Å². The lowest BCUT2D eigenvalue weighted by molar-refractivity contribution is 0.0221. The smallest absolute Gasteiger partial charge is 0.231 e. The van der Waals surface area contributed by atoms with Gasteiger partial charge in [-0.1, -0.05) is 6.07 Å². The molecule has 0 saturated heterocycles. The van der Waals surface area contributed by atoms with Gasteiger partial charge in [-0.05, 0) is 31.0 Å². The van der Waals surface area contributed by atoms with Crippen molar-refractivity contribution in [1.82, 2.24) is 0 Å². The molecule has 0 radical (unpaired) electrons. The van der Waals surface area contributed by atoms with Gasteiger partial charge in [-0.3, -0.25) is 0 Å². The van der Waals surface area contributed by atoms with Crippen LogP contribution in [-0.2, 0) is 20.2 Å². The molecule has 0 aliphatic carbocycles. The molecule has 120 valence electrons. The zero-order chi connectivity index (χ0) is 16.2. The Morgan fingerprint density at radius 3 is 2.77 bits per heavy atom. The van der Waals surface area contributed by atoms with Crippen LogP contribution in [0.5, 0.6) is 11.5 Å². The molecule has 6 nitrogen and oxygen atoms in total. The minimum atomic E-state index is -3.33. The van der Waals surface area contributed by atoms with Gasteiger partial charge >= 0.3 is 0 Å². The van der Waals surface area contributed by atoms with E-state index in [9.17, 15) is 8.42 Å². The first-order chi connectivity index (χ1) is 10.4. The fourth-order valence-electron chi connectivity index (χ4n) is 2.35. The van der Waals surface area contributed by atoms with Crippen LogP contribution in [0, 0.1) is 11.3 Å². The second-order valence-corrected chi connectivity index (χ2v) is 7.54. The molecule has 1 heterocycles. The van der Waals surface area contributed by atoms with E-state index in [4.69, 9.17) is 19.5 Å². The van der Waals surface area contributed by atoms with Crippen molar-refractivity contribution in [3.8, 4) is 17.6 Å². The highest BCUT2D eigenvalue weighted by Crippen LogP contribution is 2.37. The Bertz CT molecular complexity index is 680. The van der Waals surface area contributed by atoms with E-state index >= 15 is 0 Å². The number of hydrogen-bond donors (Lipinski definition) is 0. The molecule has 2 rings (SSSR count). The highest BCUT2D eigenvalue weighted by atomic mass is 32.2. The van der Waals surface area contributed by atoms with E-state index in [0.717, 1.165) is 0 Å². The number of ether oxygens (including phenoxy) is 3. The van der Waals surface area contributed by atoms with E-state index in [2.05, 4.69) is 0 Å². The average molecular weight is 325 g/mol. The third-order valence-electron chi connectivity index (χ3n) is 3.67. The van der Waals surface area contributed by atoms with Gasteiger partial charge in [-0.2, -0.15) is 5.26 Å². The lowest BCUT2D eigenvalue weighted by Gasteiger charge is -2.28. The van der Waals surface area contributed by atoms with E-state index in [1.165, 1.54) is 7.11 Å². The van der Waals surface area contributed by atoms with Crippen molar-refractivity contribution in [1.29, 1.82) is 5.26 Å². The lowest BCUT2D eigenvalue weighted by Crippen LogP contribution is -2.34. The van der Waals surface area contributed by atoms with Crippen LogP contribution < -0.4 is 9.47 Å². The number of hydrogen-bond acceptors (Lipinski definition) is 6. The maximum atomic E-state index is 12.2. The topological polar surface area (TPSA) is 85.6 Å². The van der Waals surface area contributed by atoms with Crippen molar-refractivity contribution in [2.24, 2.45) is 0 Å². The van der Waals surface area contributed by atoms with Gasteiger partial charge in [0, 0.05) is 13.5 Å². The van der Waals surface area contributed by atoms with Crippen molar-refractivity contribution in [3.05, 3.63) is 23.8 Å². The molecule has 1 aromatic carbocycles. The molecule has 1 atom stereocenters. The minimum Gasteiger partial charge on any atom is -0.454 e. The minimum absolute atomic E-state index is 0.0237. The Morgan fingerprint density at radius 1 is 1.36 bits per heavy atom. The van der Waals surface area contributed by atoms with Crippen LogP contribution in [0.4, 0.5) is 0 Å². The van der Waals surface area contributed by atoms with Crippen LogP contribution in [0.1, 0.15) is 25.3 Å². The van der Waals surface area contributed by atoms with Gasteiger partial charge in [0.25, 0.3) is 0 Å². The summed E-state index contributed by atoms with van der Waals surface area (Å²) < 4.78 is 40.5. The highest BCUT2D eigenvalue weighted by Gasteiger charge is 2.33. The maximum absolute atomic E-state index is 12.2. The lowest BCUT2D eigenvalue weighted by atomic mass is 9.97. The van der Waals surface area contributed by atoms with Crippen LogP contribution >= 0.6 is 0 Å². The summed E-state index contributed by atoms with van der Waals surface area (Å²) in [5, 5.41) is 8.51. The van der Waals surface area contributed by atoms with E-state index in [1.54, 1.807) is 25.1 Å². The van der Waals surface area contributed by atoms with Gasteiger partial charge in [-0.25, -0.2) is 8.42 Å². The Balaban J connectivity index is 2.20. The molecule has 1 aromatic rings. The van der Waals surface area contributed by atoms with Gasteiger partial charge < -0.3 is 14.2 Å². The number of benzene rings is 1. The summed E-state index contributed by atoms with van der Waals surface area (Å²) in [6, 6.07) is 7.22. The molecule has 0 fully saturated rings. The molecule has 0 aromatic heterocycles. The Kier molecular flexibility index (Phi) is 4.94. The molecule has 0 amide bonds. The van der Waals surface area contributed by atoms with Crippen molar-refractivity contribution >= 4 is 9.84 Å². The average Bonchev–Trinajstić information content (AvgIpc) is 2.94. The zero-order valence-corrected chi connectivity index (χ0v) is 13.5. The molecular formula is C15H19NO5S. The zero-order valence-electron chi connectivity index (χ0n) is 12.7. The SMILES string of the molecule is CO[C@@](C)(CS(=O)(=O)CCCC#N)c1ccc2c(c1)OCO2. The summed E-state index contributed by atoms with van der Waals surface area (Å²) in [5.74, 6) is 1.05. The number of nitrogens with zero attached hydrogens (tertiary/aromatic N) is 1. The Morgan fingerprint density at radius 2 is 2.09 bits per heavy atom. The number of rotatable bonds is 7. The fourth-order valence-corrected chi connectivity index (χ4v) is 4.20. The monoisotopic (exact) mass is 325 g/mol. The normalized spacial score (nSPS) is 16.0. The third kappa shape index (κ3) is 3.70. The number of methoxy groups -OCH3 is 1. The predicted molar refractivity (Wildman–Crippen MR) is 80.4 cm³/mol. The summed E-state index contributed by atoms with van der Waals surface area (Å²) >= 11 is 0. The van der Waals surface area contributed by atoms with Crippen LogP contribution in [-0.4, -0.2) is 33.8 Å². The molecule has 1 aliphatic rings. The van der Waals surface area contributed by atoms with Crippen LogP contribution in [0.3, 0.4) is 0 Å².